The van der Waals surface area contributed by atoms with Crippen LogP contribution in [0.5, 0.6) is 5.75 Å². The standard InChI is InChI=1S/C48H33N3O2/c1-48(2)38-24-8-5-18-35(38)42-31(19-13-25-39(42)48)28-14-3-4-17-34(28)45-49-46(36-22-11-20-32-29-15-6-9-26-40(29)52-43(32)36)51-47(50-45)37-23-12-21-33-30-16-7-10-27-41(30)53-44(33)37/h3-27,32,43H,1-2H3. The van der Waals surface area contributed by atoms with Crippen LogP contribution in [0.1, 0.15) is 42.3 Å². The molecule has 0 amide bonds. The first-order chi connectivity index (χ1) is 26.0. The van der Waals surface area contributed by atoms with E-state index in [9.17, 15) is 0 Å². The predicted octanol–water partition coefficient (Wildman–Crippen LogP) is 11.6. The maximum absolute atomic E-state index is 6.64. The Kier molecular flexibility index (Phi) is 6.36. The zero-order valence-corrected chi connectivity index (χ0v) is 29.2. The molecule has 0 radical (unpaired) electrons. The Bertz CT molecular complexity index is 2880. The van der Waals surface area contributed by atoms with E-state index in [-0.39, 0.29) is 17.4 Å². The van der Waals surface area contributed by atoms with Gasteiger partial charge in [0.15, 0.2) is 17.5 Å². The van der Waals surface area contributed by atoms with Crippen molar-refractivity contribution in [1.29, 1.82) is 0 Å². The molecule has 5 heteroatoms. The number of hydrogen-bond acceptors (Lipinski definition) is 5. The van der Waals surface area contributed by atoms with Gasteiger partial charge in [0, 0.05) is 38.8 Å². The van der Waals surface area contributed by atoms with E-state index in [4.69, 9.17) is 24.1 Å². The van der Waals surface area contributed by atoms with E-state index in [0.717, 1.165) is 55.5 Å². The maximum Gasteiger partial charge on any atom is 0.167 e. The Morgan fingerprint density at radius 1 is 0.547 bits per heavy atom. The fraction of sp³-hybridized carbons (Fsp3) is 0.104. The molecule has 2 atom stereocenters. The minimum absolute atomic E-state index is 0.0660. The van der Waals surface area contributed by atoms with Gasteiger partial charge in [0.05, 0.1) is 5.56 Å². The molecular formula is C48H33N3O2. The molecule has 2 aromatic heterocycles. The van der Waals surface area contributed by atoms with Gasteiger partial charge in [0.25, 0.3) is 0 Å². The molecule has 5 nitrogen and oxygen atoms in total. The first-order valence-corrected chi connectivity index (χ1v) is 18.2. The van der Waals surface area contributed by atoms with Gasteiger partial charge in [-0.05, 0) is 51.6 Å². The highest BCUT2D eigenvalue weighted by atomic mass is 16.5. The number of fused-ring (bicyclic) bond motifs is 9. The molecule has 2 unspecified atom stereocenters. The lowest BCUT2D eigenvalue weighted by molar-refractivity contribution is 0.277. The maximum atomic E-state index is 6.64. The molecule has 0 fully saturated rings. The second-order valence-electron chi connectivity index (χ2n) is 14.6. The Balaban J connectivity index is 1.15. The van der Waals surface area contributed by atoms with Crippen LogP contribution in [0.4, 0.5) is 0 Å². The van der Waals surface area contributed by atoms with Crippen molar-refractivity contribution in [3.63, 3.8) is 0 Å². The fourth-order valence-corrected chi connectivity index (χ4v) is 8.83. The first-order valence-electron chi connectivity index (χ1n) is 18.2. The van der Waals surface area contributed by atoms with E-state index in [1.807, 2.05) is 36.4 Å². The number of para-hydroxylation sites is 3. The van der Waals surface area contributed by atoms with Gasteiger partial charge in [-0.2, -0.15) is 0 Å². The van der Waals surface area contributed by atoms with Crippen molar-refractivity contribution in [1.82, 2.24) is 15.0 Å². The van der Waals surface area contributed by atoms with Crippen LogP contribution in [0.15, 0.2) is 156 Å². The average Bonchev–Trinajstić information content (AvgIpc) is 3.86. The molecule has 3 heterocycles. The number of nitrogens with zero attached hydrogens (tertiary/aromatic N) is 3. The summed E-state index contributed by atoms with van der Waals surface area (Å²) < 4.78 is 13.2. The second-order valence-corrected chi connectivity index (χ2v) is 14.6. The van der Waals surface area contributed by atoms with Gasteiger partial charge in [-0.25, -0.2) is 15.0 Å². The number of ether oxygens (including phenoxy) is 1. The van der Waals surface area contributed by atoms with Crippen molar-refractivity contribution in [2.45, 2.75) is 31.3 Å². The topological polar surface area (TPSA) is 61.0 Å². The van der Waals surface area contributed by atoms with E-state index in [1.165, 1.54) is 27.8 Å². The molecule has 3 aliphatic rings. The monoisotopic (exact) mass is 683 g/mol. The van der Waals surface area contributed by atoms with Gasteiger partial charge >= 0.3 is 0 Å². The molecule has 6 aromatic carbocycles. The summed E-state index contributed by atoms with van der Waals surface area (Å²) in [4.78, 5) is 15.9. The van der Waals surface area contributed by atoms with E-state index >= 15 is 0 Å². The third kappa shape index (κ3) is 4.40. The Morgan fingerprint density at radius 2 is 1.19 bits per heavy atom. The summed E-state index contributed by atoms with van der Waals surface area (Å²) in [6.07, 6.45) is 6.15. The van der Waals surface area contributed by atoms with E-state index in [1.54, 1.807) is 0 Å². The lowest BCUT2D eigenvalue weighted by Gasteiger charge is -2.23. The highest BCUT2D eigenvalue weighted by molar-refractivity contribution is 6.09. The van der Waals surface area contributed by atoms with Gasteiger partial charge < -0.3 is 9.15 Å². The lowest BCUT2D eigenvalue weighted by Crippen LogP contribution is -2.23. The summed E-state index contributed by atoms with van der Waals surface area (Å²) in [7, 11) is 0. The summed E-state index contributed by atoms with van der Waals surface area (Å²) in [6.45, 7) is 4.64. The van der Waals surface area contributed by atoms with E-state index in [0.29, 0.717) is 17.5 Å². The van der Waals surface area contributed by atoms with Crippen molar-refractivity contribution in [3.8, 4) is 50.8 Å². The van der Waals surface area contributed by atoms with E-state index < -0.39 is 0 Å². The molecule has 0 saturated carbocycles. The molecule has 0 N–H and O–H groups in total. The zero-order chi connectivity index (χ0) is 35.3. The first kappa shape index (κ1) is 30.1. The largest absolute Gasteiger partial charge is 0.484 e. The highest BCUT2D eigenvalue weighted by Crippen LogP contribution is 2.53. The quantitative estimate of drug-likeness (QED) is 0.185. The van der Waals surface area contributed by atoms with Crippen molar-refractivity contribution in [3.05, 3.63) is 174 Å². The molecule has 0 spiro atoms. The summed E-state index contributed by atoms with van der Waals surface area (Å²) in [6, 6.07) is 46.6. The SMILES string of the molecule is CC1(C)c2ccccc2-c2c(-c3ccccc3-c3nc(C4=CC=CC5c6ccccc6OC45)nc(-c4cccc5c4oc4ccccc45)n3)cccc21. The summed E-state index contributed by atoms with van der Waals surface area (Å²) in [5.74, 6) is 2.70. The lowest BCUT2D eigenvalue weighted by atomic mass is 9.82. The summed E-state index contributed by atoms with van der Waals surface area (Å²) in [5.41, 5.74) is 12.7. The fourth-order valence-electron chi connectivity index (χ4n) is 8.83. The predicted molar refractivity (Wildman–Crippen MR) is 212 cm³/mol. The van der Waals surface area contributed by atoms with Crippen molar-refractivity contribution < 1.29 is 9.15 Å². The van der Waals surface area contributed by atoms with Crippen LogP contribution in [-0.2, 0) is 5.41 Å². The second kappa shape index (κ2) is 11.2. The zero-order valence-electron chi connectivity index (χ0n) is 29.2. The summed E-state index contributed by atoms with van der Waals surface area (Å²) >= 11 is 0. The van der Waals surface area contributed by atoms with Gasteiger partial charge in [-0.1, -0.05) is 147 Å². The Hall–Kier alpha value is -6.59. The van der Waals surface area contributed by atoms with Crippen LogP contribution in [0.3, 0.4) is 0 Å². The van der Waals surface area contributed by atoms with Crippen molar-refractivity contribution >= 4 is 27.5 Å². The molecule has 8 aromatic rings. The third-order valence-corrected chi connectivity index (χ3v) is 11.4. The average molecular weight is 684 g/mol. The molecular weight excluding hydrogens is 651 g/mol. The van der Waals surface area contributed by atoms with Crippen LogP contribution >= 0.6 is 0 Å². The molecule has 252 valence electrons. The van der Waals surface area contributed by atoms with Crippen molar-refractivity contribution in [2.24, 2.45) is 0 Å². The number of rotatable bonds is 4. The van der Waals surface area contributed by atoms with Gasteiger partial charge in [0.1, 0.15) is 23.0 Å². The number of benzene rings is 6. The Morgan fingerprint density at radius 3 is 2.09 bits per heavy atom. The molecule has 53 heavy (non-hydrogen) atoms. The van der Waals surface area contributed by atoms with Crippen LogP contribution in [0, 0.1) is 0 Å². The van der Waals surface area contributed by atoms with E-state index in [2.05, 4.69) is 129 Å². The van der Waals surface area contributed by atoms with Gasteiger partial charge in [-0.15, -0.1) is 0 Å². The molecule has 1 aliphatic heterocycles. The minimum atomic E-state index is -0.256. The molecule has 11 rings (SSSR count). The smallest absolute Gasteiger partial charge is 0.167 e. The molecule has 2 aliphatic carbocycles. The molecule has 0 saturated heterocycles. The van der Waals surface area contributed by atoms with Crippen molar-refractivity contribution in [2.75, 3.05) is 0 Å². The van der Waals surface area contributed by atoms with Crippen LogP contribution in [-0.4, -0.2) is 21.1 Å². The van der Waals surface area contributed by atoms with Crippen LogP contribution in [0.25, 0.3) is 72.5 Å². The highest BCUT2D eigenvalue weighted by Gasteiger charge is 2.39. The van der Waals surface area contributed by atoms with Crippen LogP contribution in [0.2, 0.25) is 0 Å². The number of hydrogen-bond donors (Lipinski definition) is 0. The third-order valence-electron chi connectivity index (χ3n) is 11.4. The molecule has 0 bridgehead atoms. The number of allylic oxidation sites excluding steroid dienone is 2. The van der Waals surface area contributed by atoms with Crippen LogP contribution < -0.4 is 4.74 Å². The Labute approximate surface area is 307 Å². The summed E-state index contributed by atoms with van der Waals surface area (Å²) in [5, 5.41) is 2.09. The minimum Gasteiger partial charge on any atom is -0.484 e. The normalized spacial score (nSPS) is 17.6. The number of aromatic nitrogens is 3. The number of furan rings is 1. The van der Waals surface area contributed by atoms with Gasteiger partial charge in [0.2, 0.25) is 0 Å². The van der Waals surface area contributed by atoms with Gasteiger partial charge in [-0.3, -0.25) is 0 Å².